The summed E-state index contributed by atoms with van der Waals surface area (Å²) in [5.41, 5.74) is 2.21. The fourth-order valence-electron chi connectivity index (χ4n) is 3.71. The number of carbonyl (C=O) groups is 2. The first-order valence-corrected chi connectivity index (χ1v) is 10.4. The van der Waals surface area contributed by atoms with Gasteiger partial charge in [-0.15, -0.1) is 0 Å². The fourth-order valence-corrected chi connectivity index (χ4v) is 3.71. The molecule has 0 bridgehead atoms. The van der Waals surface area contributed by atoms with Gasteiger partial charge in [-0.25, -0.2) is 9.78 Å². The molecule has 1 N–H and O–H groups in total. The number of piperazine rings is 1. The second-order valence-corrected chi connectivity index (χ2v) is 7.77. The predicted octanol–water partition coefficient (Wildman–Crippen LogP) is 2.81. The maximum absolute atomic E-state index is 12.6. The zero-order chi connectivity index (χ0) is 21.8. The Hall–Kier alpha value is -3.55. The van der Waals surface area contributed by atoms with Crippen molar-refractivity contribution < 1.29 is 14.0 Å². The number of amides is 3. The molecule has 162 valence electrons. The highest BCUT2D eigenvalue weighted by Gasteiger charge is 2.26. The van der Waals surface area contributed by atoms with E-state index in [0.29, 0.717) is 44.2 Å². The number of nitrogens with one attached hydrogen (secondary N) is 1. The number of hydrogen-bond donors (Lipinski definition) is 1. The van der Waals surface area contributed by atoms with Gasteiger partial charge in [-0.1, -0.05) is 24.3 Å². The van der Waals surface area contributed by atoms with E-state index in [-0.39, 0.29) is 11.9 Å². The van der Waals surface area contributed by atoms with E-state index in [1.54, 1.807) is 28.1 Å². The number of aromatic nitrogens is 2. The lowest BCUT2D eigenvalue weighted by atomic mass is 10.1. The van der Waals surface area contributed by atoms with Gasteiger partial charge in [0, 0.05) is 51.7 Å². The topological polar surface area (TPSA) is 83.6 Å². The quantitative estimate of drug-likeness (QED) is 0.687. The highest BCUT2D eigenvalue weighted by molar-refractivity contribution is 5.91. The summed E-state index contributed by atoms with van der Waals surface area (Å²) in [5.74, 6) is 1.91. The maximum Gasteiger partial charge on any atom is 0.317 e. The van der Waals surface area contributed by atoms with Crippen molar-refractivity contribution in [3.05, 3.63) is 77.3 Å². The number of urea groups is 1. The van der Waals surface area contributed by atoms with Crippen LogP contribution < -0.4 is 5.32 Å². The second kappa shape index (κ2) is 9.07. The number of furan rings is 1. The molecular weight excluding hydrogens is 394 g/mol. The first-order chi connectivity index (χ1) is 15.0. The molecule has 31 heavy (non-hydrogen) atoms. The van der Waals surface area contributed by atoms with Crippen LogP contribution in [0.5, 0.6) is 0 Å². The molecule has 1 aromatic carbocycles. The van der Waals surface area contributed by atoms with Crippen molar-refractivity contribution in [2.75, 3.05) is 26.2 Å². The first kappa shape index (κ1) is 20.7. The molecule has 1 saturated heterocycles. The van der Waals surface area contributed by atoms with E-state index in [1.165, 1.54) is 0 Å². The molecule has 0 unspecified atom stereocenters. The number of benzene rings is 1. The number of carbonyl (C=O) groups excluding carboxylic acids is 2. The van der Waals surface area contributed by atoms with E-state index in [4.69, 9.17) is 4.42 Å². The summed E-state index contributed by atoms with van der Waals surface area (Å²) in [6.45, 7) is 6.98. The van der Waals surface area contributed by atoms with Crippen LogP contribution in [0, 0.1) is 13.8 Å². The Morgan fingerprint density at radius 2 is 1.77 bits per heavy atom. The Balaban J connectivity index is 1.26. The average Bonchev–Trinajstić information content (AvgIpc) is 3.40. The van der Waals surface area contributed by atoms with Crippen LogP contribution in [0.1, 0.15) is 33.3 Å². The molecule has 1 fully saturated rings. The Morgan fingerprint density at radius 3 is 2.45 bits per heavy atom. The van der Waals surface area contributed by atoms with Crippen LogP contribution in [0.3, 0.4) is 0 Å². The maximum atomic E-state index is 12.6. The van der Waals surface area contributed by atoms with E-state index in [2.05, 4.69) is 27.0 Å². The van der Waals surface area contributed by atoms with Gasteiger partial charge in [-0.3, -0.25) is 4.79 Å². The van der Waals surface area contributed by atoms with E-state index in [0.717, 1.165) is 23.5 Å². The summed E-state index contributed by atoms with van der Waals surface area (Å²) in [4.78, 5) is 32.8. The van der Waals surface area contributed by atoms with Crippen molar-refractivity contribution in [3.63, 3.8) is 0 Å². The third-order valence-corrected chi connectivity index (χ3v) is 5.52. The van der Waals surface area contributed by atoms with Crippen molar-refractivity contribution in [2.45, 2.75) is 26.9 Å². The van der Waals surface area contributed by atoms with Crippen LogP contribution in [0.15, 0.2) is 53.2 Å². The molecule has 8 heteroatoms. The Labute approximate surface area is 181 Å². The minimum absolute atomic E-state index is 0.114. The molecule has 1 aliphatic heterocycles. The SMILES string of the molecule is Cc1ccc(C(=O)N2CCN(C(=O)NCc3cccc(Cn4ccnc4C)c3)CC2)o1. The Kier molecular flexibility index (Phi) is 6.06. The second-order valence-electron chi connectivity index (χ2n) is 7.77. The molecule has 0 radical (unpaired) electrons. The molecule has 3 amide bonds. The molecule has 8 nitrogen and oxygen atoms in total. The smallest absolute Gasteiger partial charge is 0.317 e. The van der Waals surface area contributed by atoms with Crippen molar-refractivity contribution >= 4 is 11.9 Å². The van der Waals surface area contributed by atoms with Gasteiger partial charge < -0.3 is 24.1 Å². The normalized spacial score (nSPS) is 14.0. The summed E-state index contributed by atoms with van der Waals surface area (Å²) in [5, 5.41) is 2.99. The van der Waals surface area contributed by atoms with Crippen LogP contribution in [0.4, 0.5) is 4.79 Å². The molecule has 0 spiro atoms. The Morgan fingerprint density at radius 1 is 1.03 bits per heavy atom. The third kappa shape index (κ3) is 4.96. The molecule has 4 rings (SSSR count). The molecule has 0 saturated carbocycles. The number of nitrogens with zero attached hydrogens (tertiary/aromatic N) is 4. The lowest BCUT2D eigenvalue weighted by Crippen LogP contribution is -2.53. The molecule has 2 aromatic heterocycles. The summed E-state index contributed by atoms with van der Waals surface area (Å²) >= 11 is 0. The fraction of sp³-hybridized carbons (Fsp3) is 0.348. The van der Waals surface area contributed by atoms with Crippen LogP contribution in [-0.4, -0.2) is 57.5 Å². The Bertz CT molecular complexity index is 1060. The lowest BCUT2D eigenvalue weighted by molar-refractivity contribution is 0.0632. The van der Waals surface area contributed by atoms with Gasteiger partial charge in [0.1, 0.15) is 11.6 Å². The van der Waals surface area contributed by atoms with Gasteiger partial charge >= 0.3 is 6.03 Å². The number of hydrogen-bond acceptors (Lipinski definition) is 4. The van der Waals surface area contributed by atoms with Crippen LogP contribution >= 0.6 is 0 Å². The van der Waals surface area contributed by atoms with Crippen LogP contribution in [0.25, 0.3) is 0 Å². The molecule has 3 aromatic rings. The summed E-state index contributed by atoms with van der Waals surface area (Å²) in [6.07, 6.45) is 3.75. The van der Waals surface area contributed by atoms with Gasteiger partial charge in [0.2, 0.25) is 0 Å². The van der Waals surface area contributed by atoms with Gasteiger partial charge in [-0.2, -0.15) is 0 Å². The van der Waals surface area contributed by atoms with Gasteiger partial charge in [0.25, 0.3) is 5.91 Å². The van der Waals surface area contributed by atoms with Gasteiger partial charge in [-0.05, 0) is 37.1 Å². The molecular formula is C23H27N5O3. The first-order valence-electron chi connectivity index (χ1n) is 10.4. The standard InChI is InChI=1S/C23H27N5O3/c1-17-6-7-21(31-17)22(29)26-10-12-27(13-11-26)23(30)25-15-19-4-3-5-20(14-19)16-28-9-8-24-18(28)2/h3-9,14H,10-13,15-16H2,1-2H3,(H,25,30). The molecule has 3 heterocycles. The molecule has 0 aliphatic carbocycles. The van der Waals surface area contributed by atoms with E-state index in [9.17, 15) is 9.59 Å². The monoisotopic (exact) mass is 421 g/mol. The lowest BCUT2D eigenvalue weighted by Gasteiger charge is -2.34. The minimum atomic E-state index is -0.127. The van der Waals surface area contributed by atoms with E-state index in [1.807, 2.05) is 32.2 Å². The van der Waals surface area contributed by atoms with Crippen LogP contribution in [-0.2, 0) is 13.1 Å². The zero-order valence-electron chi connectivity index (χ0n) is 17.9. The van der Waals surface area contributed by atoms with E-state index < -0.39 is 0 Å². The van der Waals surface area contributed by atoms with Crippen molar-refractivity contribution in [3.8, 4) is 0 Å². The zero-order valence-corrected chi connectivity index (χ0v) is 17.9. The molecule has 0 atom stereocenters. The van der Waals surface area contributed by atoms with E-state index >= 15 is 0 Å². The predicted molar refractivity (Wildman–Crippen MR) is 116 cm³/mol. The third-order valence-electron chi connectivity index (χ3n) is 5.52. The average molecular weight is 422 g/mol. The highest BCUT2D eigenvalue weighted by Crippen LogP contribution is 2.13. The summed E-state index contributed by atoms with van der Waals surface area (Å²) in [6, 6.07) is 11.5. The van der Waals surface area contributed by atoms with Crippen LogP contribution in [0.2, 0.25) is 0 Å². The summed E-state index contributed by atoms with van der Waals surface area (Å²) in [7, 11) is 0. The van der Waals surface area contributed by atoms with Crippen molar-refractivity contribution in [2.24, 2.45) is 0 Å². The highest BCUT2D eigenvalue weighted by atomic mass is 16.3. The minimum Gasteiger partial charge on any atom is -0.456 e. The summed E-state index contributed by atoms with van der Waals surface area (Å²) < 4.78 is 7.51. The van der Waals surface area contributed by atoms with Crippen molar-refractivity contribution in [1.82, 2.24) is 24.7 Å². The van der Waals surface area contributed by atoms with Gasteiger partial charge in [0.15, 0.2) is 5.76 Å². The molecule has 1 aliphatic rings. The number of rotatable bonds is 5. The van der Waals surface area contributed by atoms with Crippen molar-refractivity contribution in [1.29, 1.82) is 0 Å². The number of aryl methyl sites for hydroxylation is 2. The largest absolute Gasteiger partial charge is 0.456 e. The van der Waals surface area contributed by atoms with Gasteiger partial charge in [0.05, 0.1) is 0 Å². The number of imidazole rings is 1.